The predicted octanol–water partition coefficient (Wildman–Crippen LogP) is 3.79. The van der Waals surface area contributed by atoms with E-state index >= 15 is 0 Å². The number of rotatable bonds is 1. The molecule has 0 atom stereocenters. The summed E-state index contributed by atoms with van der Waals surface area (Å²) in [6.45, 7) is 0. The number of hydrogen-bond donors (Lipinski definition) is 1. The summed E-state index contributed by atoms with van der Waals surface area (Å²) in [6.07, 6.45) is 7.54. The maximum atomic E-state index is 12.9. The molecule has 1 aromatic carbocycles. The molecule has 2 heterocycles. The number of Topliss-reactive ketones (excluding diaryl/α,β-unsaturated/α-hetero) is 2. The molecule has 5 nitrogen and oxygen atoms in total. The van der Waals surface area contributed by atoms with Gasteiger partial charge in [-0.15, -0.1) is 0 Å². The topological polar surface area (TPSA) is 79.9 Å². The highest BCUT2D eigenvalue weighted by Crippen LogP contribution is 2.36. The summed E-state index contributed by atoms with van der Waals surface area (Å²) in [5.74, 6) is -0.263. The van der Waals surface area contributed by atoms with Crippen molar-refractivity contribution in [1.82, 2.24) is 9.97 Å². The van der Waals surface area contributed by atoms with Crippen molar-refractivity contribution >= 4 is 34.6 Å². The molecule has 27 heavy (non-hydrogen) atoms. The third-order valence-corrected chi connectivity index (χ3v) is 4.99. The number of allylic oxidation sites excluding steroid dienone is 2. The summed E-state index contributed by atoms with van der Waals surface area (Å²) in [6, 6.07) is 9.18. The fourth-order valence-corrected chi connectivity index (χ4v) is 3.79. The first kappa shape index (κ1) is 15.6. The number of aromatic amines is 1. The molecule has 0 radical (unpaired) electrons. The van der Waals surface area contributed by atoms with Crippen molar-refractivity contribution in [1.29, 1.82) is 0 Å². The van der Waals surface area contributed by atoms with E-state index in [1.54, 1.807) is 30.4 Å². The number of H-pyrrole nitrogens is 1. The van der Waals surface area contributed by atoms with E-state index in [1.165, 1.54) is 0 Å². The van der Waals surface area contributed by atoms with Gasteiger partial charge in [0.25, 0.3) is 5.56 Å². The number of benzene rings is 1. The minimum Gasteiger partial charge on any atom is -0.321 e. The number of ketones is 2. The van der Waals surface area contributed by atoms with Crippen molar-refractivity contribution in [3.63, 3.8) is 0 Å². The van der Waals surface area contributed by atoms with Crippen molar-refractivity contribution < 1.29 is 9.59 Å². The molecule has 5 rings (SSSR count). The maximum Gasteiger partial charge on any atom is 0.256 e. The first-order valence-electron chi connectivity index (χ1n) is 8.73. The molecule has 5 heteroatoms. The largest absolute Gasteiger partial charge is 0.321 e. The van der Waals surface area contributed by atoms with Crippen LogP contribution in [0.5, 0.6) is 0 Å². The molecule has 0 spiro atoms. The minimum absolute atomic E-state index is 0.132. The van der Waals surface area contributed by atoms with Gasteiger partial charge in [-0.05, 0) is 29.7 Å². The zero-order valence-electron chi connectivity index (χ0n) is 14.3. The zero-order valence-corrected chi connectivity index (χ0v) is 14.3. The lowest BCUT2D eigenvalue weighted by atomic mass is 9.84. The second kappa shape index (κ2) is 5.71. The Kier molecular flexibility index (Phi) is 3.31. The van der Waals surface area contributed by atoms with Crippen LogP contribution in [-0.4, -0.2) is 21.5 Å². The van der Waals surface area contributed by atoms with Crippen LogP contribution in [0.15, 0.2) is 47.3 Å². The molecular formula is C22H14N2O3. The van der Waals surface area contributed by atoms with Crippen LogP contribution in [0.25, 0.3) is 34.2 Å². The Labute approximate surface area is 154 Å². The molecule has 0 aliphatic heterocycles. The summed E-state index contributed by atoms with van der Waals surface area (Å²) in [4.78, 5) is 45.7. The second-order valence-corrected chi connectivity index (χ2v) is 6.67. The Morgan fingerprint density at radius 2 is 1.44 bits per heavy atom. The van der Waals surface area contributed by atoms with Crippen molar-refractivity contribution in [3.8, 4) is 11.1 Å². The van der Waals surface area contributed by atoms with E-state index in [-0.39, 0.29) is 30.0 Å². The summed E-state index contributed by atoms with van der Waals surface area (Å²) < 4.78 is 0. The number of fused-ring (bicyclic) bond motifs is 3. The van der Waals surface area contributed by atoms with E-state index < -0.39 is 0 Å². The molecule has 3 aromatic rings. The van der Waals surface area contributed by atoms with Gasteiger partial charge in [-0.1, -0.05) is 30.4 Å². The monoisotopic (exact) mass is 354 g/mol. The van der Waals surface area contributed by atoms with Crippen LogP contribution in [0.3, 0.4) is 0 Å². The van der Waals surface area contributed by atoms with Gasteiger partial charge in [-0.3, -0.25) is 14.4 Å². The third-order valence-electron chi connectivity index (χ3n) is 4.99. The van der Waals surface area contributed by atoms with Crippen LogP contribution in [0, 0.1) is 0 Å². The number of pyridine rings is 2. The SMILES string of the molecule is O=C1CC=Cc2nc3c(c(-c4cc5ccccc5[nH]c4=O)c21)C(=O)CC=C3. The molecular weight excluding hydrogens is 340 g/mol. The molecule has 0 bridgehead atoms. The van der Waals surface area contributed by atoms with Gasteiger partial charge in [0.05, 0.1) is 22.5 Å². The number of para-hydroxylation sites is 1. The average Bonchev–Trinajstić information content (AvgIpc) is 2.66. The molecule has 0 saturated carbocycles. The van der Waals surface area contributed by atoms with Gasteiger partial charge < -0.3 is 4.98 Å². The Balaban J connectivity index is 1.95. The van der Waals surface area contributed by atoms with Gasteiger partial charge in [0.15, 0.2) is 11.6 Å². The molecule has 0 fully saturated rings. The van der Waals surface area contributed by atoms with Gasteiger partial charge in [0, 0.05) is 29.5 Å². The van der Waals surface area contributed by atoms with E-state index in [9.17, 15) is 14.4 Å². The van der Waals surface area contributed by atoms with Gasteiger partial charge >= 0.3 is 0 Å². The lowest BCUT2D eigenvalue weighted by Crippen LogP contribution is -2.20. The van der Waals surface area contributed by atoms with Crippen molar-refractivity contribution in [2.24, 2.45) is 0 Å². The Morgan fingerprint density at radius 1 is 0.815 bits per heavy atom. The molecule has 1 N–H and O–H groups in total. The van der Waals surface area contributed by atoms with E-state index in [1.807, 2.05) is 24.3 Å². The van der Waals surface area contributed by atoms with Crippen LogP contribution in [0.1, 0.15) is 44.9 Å². The Morgan fingerprint density at radius 3 is 2.11 bits per heavy atom. The number of nitrogens with one attached hydrogen (secondary N) is 1. The quantitative estimate of drug-likeness (QED) is 0.721. The zero-order chi connectivity index (χ0) is 18.5. The Hall–Kier alpha value is -3.60. The summed E-state index contributed by atoms with van der Waals surface area (Å²) >= 11 is 0. The van der Waals surface area contributed by atoms with Crippen molar-refractivity contribution in [2.75, 3.05) is 0 Å². The lowest BCUT2D eigenvalue weighted by molar-refractivity contribution is 0.0993. The predicted molar refractivity (Wildman–Crippen MR) is 104 cm³/mol. The lowest BCUT2D eigenvalue weighted by Gasteiger charge is -2.21. The molecule has 0 unspecified atom stereocenters. The standard InChI is InChI=1S/C22H14N2O3/c25-17-9-3-7-15-20(17)19(21-16(23-15)8-4-10-18(21)26)13-11-12-5-1-2-6-14(12)24-22(13)27/h1-8,11H,9-10H2,(H,24,27). The van der Waals surface area contributed by atoms with Gasteiger partial charge in [-0.2, -0.15) is 0 Å². The van der Waals surface area contributed by atoms with E-state index in [4.69, 9.17) is 0 Å². The molecule has 0 amide bonds. The smallest absolute Gasteiger partial charge is 0.256 e. The van der Waals surface area contributed by atoms with Gasteiger partial charge in [-0.25, -0.2) is 4.98 Å². The Bertz CT molecular complexity index is 1230. The van der Waals surface area contributed by atoms with E-state index in [0.717, 1.165) is 5.39 Å². The maximum absolute atomic E-state index is 12.9. The van der Waals surface area contributed by atoms with Gasteiger partial charge in [0.1, 0.15) is 0 Å². The summed E-state index contributed by atoms with van der Waals surface area (Å²) in [5.41, 5.74) is 2.86. The third kappa shape index (κ3) is 2.32. The number of aromatic nitrogens is 2. The number of hydrogen-bond acceptors (Lipinski definition) is 4. The van der Waals surface area contributed by atoms with E-state index in [0.29, 0.717) is 39.2 Å². The molecule has 0 saturated heterocycles. The van der Waals surface area contributed by atoms with Crippen LogP contribution in [0.4, 0.5) is 0 Å². The molecule has 130 valence electrons. The number of carbonyl (C=O) groups is 2. The van der Waals surface area contributed by atoms with Crippen LogP contribution in [-0.2, 0) is 0 Å². The van der Waals surface area contributed by atoms with E-state index in [2.05, 4.69) is 9.97 Å². The number of carbonyl (C=O) groups excluding carboxylic acids is 2. The highest BCUT2D eigenvalue weighted by molar-refractivity contribution is 6.15. The van der Waals surface area contributed by atoms with Crippen molar-refractivity contribution in [3.05, 3.63) is 75.4 Å². The normalized spacial score (nSPS) is 15.1. The van der Waals surface area contributed by atoms with Gasteiger partial charge in [0.2, 0.25) is 0 Å². The first-order chi connectivity index (χ1) is 13.1. The summed E-state index contributed by atoms with van der Waals surface area (Å²) in [7, 11) is 0. The number of nitrogens with zero attached hydrogens (tertiary/aromatic N) is 1. The van der Waals surface area contributed by atoms with Crippen molar-refractivity contribution in [2.45, 2.75) is 12.8 Å². The van der Waals surface area contributed by atoms with Crippen LogP contribution >= 0.6 is 0 Å². The molecule has 2 aliphatic carbocycles. The molecule has 2 aromatic heterocycles. The van der Waals surface area contributed by atoms with Crippen LogP contribution < -0.4 is 5.56 Å². The molecule has 2 aliphatic rings. The minimum atomic E-state index is -0.325. The summed E-state index contributed by atoms with van der Waals surface area (Å²) in [5, 5.41) is 0.837. The fraction of sp³-hybridized carbons (Fsp3) is 0.0909. The van der Waals surface area contributed by atoms with Crippen LogP contribution in [0.2, 0.25) is 0 Å². The highest BCUT2D eigenvalue weighted by Gasteiger charge is 2.30. The fourth-order valence-electron chi connectivity index (χ4n) is 3.79. The highest BCUT2D eigenvalue weighted by atomic mass is 16.1. The first-order valence-corrected chi connectivity index (χ1v) is 8.73. The average molecular weight is 354 g/mol. The second-order valence-electron chi connectivity index (χ2n) is 6.67.